The van der Waals surface area contributed by atoms with E-state index >= 15 is 0 Å². The summed E-state index contributed by atoms with van der Waals surface area (Å²) in [6.45, 7) is 10.0. The first-order valence-electron chi connectivity index (χ1n) is 10.0. The Hall–Kier alpha value is -1.85. The molecule has 1 fully saturated rings. The third-order valence-electron chi connectivity index (χ3n) is 6.35. The number of rotatable bonds is 6. The number of hydrogen-bond acceptors (Lipinski definition) is 3. The minimum Gasteiger partial charge on any atom is -0.303 e. The van der Waals surface area contributed by atoms with Crippen LogP contribution in [-0.2, 0) is 21.9 Å². The van der Waals surface area contributed by atoms with Crippen LogP contribution in [0.5, 0.6) is 0 Å². The molecule has 0 aromatic heterocycles. The summed E-state index contributed by atoms with van der Waals surface area (Å²) in [7, 11) is -3.26. The van der Waals surface area contributed by atoms with Gasteiger partial charge in [0.1, 0.15) is 0 Å². The Balaban J connectivity index is 1.67. The van der Waals surface area contributed by atoms with Gasteiger partial charge in [-0.2, -0.15) is 0 Å². The summed E-state index contributed by atoms with van der Waals surface area (Å²) in [5, 5.41) is 0. The molecule has 0 saturated carbocycles. The molecule has 4 nitrogen and oxygen atoms in total. The highest BCUT2D eigenvalue weighted by Crippen LogP contribution is 2.40. The van der Waals surface area contributed by atoms with E-state index in [1.165, 1.54) is 22.9 Å². The molecule has 0 radical (unpaired) electrons. The van der Waals surface area contributed by atoms with E-state index in [-0.39, 0.29) is 5.41 Å². The van der Waals surface area contributed by atoms with Crippen LogP contribution in [0, 0.1) is 12.8 Å². The van der Waals surface area contributed by atoms with Gasteiger partial charge >= 0.3 is 0 Å². The molecule has 2 aromatic rings. The van der Waals surface area contributed by atoms with E-state index in [1.807, 2.05) is 18.2 Å². The summed E-state index contributed by atoms with van der Waals surface area (Å²) in [4.78, 5) is 2.57. The molecule has 1 aliphatic rings. The summed E-state index contributed by atoms with van der Waals surface area (Å²) in [5.41, 5.74) is 4.71. The predicted octanol–water partition coefficient (Wildman–Crippen LogP) is 4.21. The zero-order chi connectivity index (χ0) is 20.4. The summed E-state index contributed by atoms with van der Waals surface area (Å²) in [6, 6.07) is 16.5. The number of nitrogens with zero attached hydrogens (tertiary/aromatic N) is 1. The minimum atomic E-state index is -3.26. The van der Waals surface area contributed by atoms with Crippen molar-refractivity contribution < 1.29 is 8.42 Å². The van der Waals surface area contributed by atoms with E-state index in [1.54, 1.807) is 0 Å². The summed E-state index contributed by atoms with van der Waals surface area (Å²) in [6.07, 6.45) is 3.35. The van der Waals surface area contributed by atoms with Crippen LogP contribution in [0.1, 0.15) is 37.0 Å². The number of likely N-dealkylation sites (tertiary alicyclic amines) is 1. The Labute approximate surface area is 170 Å². The maximum Gasteiger partial charge on any atom is 0.229 e. The van der Waals surface area contributed by atoms with Gasteiger partial charge in [-0.15, -0.1) is 0 Å². The van der Waals surface area contributed by atoms with E-state index < -0.39 is 10.0 Å². The largest absolute Gasteiger partial charge is 0.303 e. The lowest BCUT2D eigenvalue weighted by molar-refractivity contribution is 0.112. The van der Waals surface area contributed by atoms with Crippen molar-refractivity contribution in [2.75, 3.05) is 30.6 Å². The first-order valence-corrected chi connectivity index (χ1v) is 11.9. The Morgan fingerprint density at radius 3 is 2.61 bits per heavy atom. The molecule has 3 rings (SSSR count). The van der Waals surface area contributed by atoms with Gasteiger partial charge in [-0.1, -0.05) is 50.2 Å². The van der Waals surface area contributed by atoms with Gasteiger partial charge in [-0.05, 0) is 66.5 Å². The van der Waals surface area contributed by atoms with Gasteiger partial charge in [0.25, 0.3) is 0 Å². The number of piperidine rings is 1. The van der Waals surface area contributed by atoms with E-state index in [2.05, 4.69) is 60.7 Å². The van der Waals surface area contributed by atoms with Gasteiger partial charge in [0, 0.05) is 18.8 Å². The molecule has 0 unspecified atom stereocenters. The van der Waals surface area contributed by atoms with Crippen LogP contribution in [0.4, 0.5) is 5.69 Å². The van der Waals surface area contributed by atoms with Gasteiger partial charge in [0.15, 0.2) is 0 Å². The van der Waals surface area contributed by atoms with Crippen LogP contribution in [0.3, 0.4) is 0 Å². The van der Waals surface area contributed by atoms with Crippen molar-refractivity contribution in [1.82, 2.24) is 4.90 Å². The lowest BCUT2D eigenvalue weighted by Gasteiger charge is -2.45. The molecule has 5 heteroatoms. The molecule has 0 amide bonds. The standard InChI is InChI=1S/C23H32N2O2S/c1-18-8-5-6-9-20(18)12-14-25-15-13-23(3,19(2)17-25)21-10-7-11-22(16-21)24-28(4,26)27/h5-11,16,19,24H,12-15,17H2,1-4H3/t19-,23-/m0/s1. The van der Waals surface area contributed by atoms with Crippen molar-refractivity contribution in [1.29, 1.82) is 0 Å². The number of aryl methyl sites for hydroxylation is 1. The summed E-state index contributed by atoms with van der Waals surface area (Å²) < 4.78 is 25.7. The molecule has 1 saturated heterocycles. The van der Waals surface area contributed by atoms with Crippen molar-refractivity contribution in [3.05, 3.63) is 65.2 Å². The quantitative estimate of drug-likeness (QED) is 0.790. The molecule has 1 heterocycles. The molecule has 2 atom stereocenters. The zero-order valence-corrected chi connectivity index (χ0v) is 18.2. The molecule has 0 spiro atoms. The maximum atomic E-state index is 11.6. The van der Waals surface area contributed by atoms with E-state index in [9.17, 15) is 8.42 Å². The Morgan fingerprint density at radius 1 is 1.18 bits per heavy atom. The average molecular weight is 401 g/mol. The van der Waals surface area contributed by atoms with Crippen molar-refractivity contribution in [2.24, 2.45) is 5.92 Å². The van der Waals surface area contributed by atoms with Crippen molar-refractivity contribution in [3.8, 4) is 0 Å². The first-order chi connectivity index (χ1) is 13.2. The summed E-state index contributed by atoms with van der Waals surface area (Å²) >= 11 is 0. The number of anilines is 1. The fourth-order valence-corrected chi connectivity index (χ4v) is 4.83. The molecule has 1 aliphatic heterocycles. The Bertz CT molecular complexity index is 926. The Morgan fingerprint density at radius 2 is 1.93 bits per heavy atom. The van der Waals surface area contributed by atoms with Gasteiger partial charge in [0.2, 0.25) is 10.0 Å². The van der Waals surface area contributed by atoms with Crippen LogP contribution in [0.25, 0.3) is 0 Å². The summed E-state index contributed by atoms with van der Waals surface area (Å²) in [5.74, 6) is 0.492. The van der Waals surface area contributed by atoms with Crippen molar-refractivity contribution in [2.45, 2.75) is 39.0 Å². The van der Waals surface area contributed by atoms with Crippen LogP contribution >= 0.6 is 0 Å². The normalized spacial score (nSPS) is 23.5. The molecular formula is C23H32N2O2S. The lowest BCUT2D eigenvalue weighted by atomic mass is 9.68. The molecule has 2 aromatic carbocycles. The average Bonchev–Trinajstić information content (AvgIpc) is 2.63. The highest BCUT2D eigenvalue weighted by atomic mass is 32.2. The van der Waals surface area contributed by atoms with Gasteiger partial charge in [-0.3, -0.25) is 4.72 Å². The smallest absolute Gasteiger partial charge is 0.229 e. The molecule has 1 N–H and O–H groups in total. The maximum absolute atomic E-state index is 11.6. The highest BCUT2D eigenvalue weighted by molar-refractivity contribution is 7.92. The molecule has 0 bridgehead atoms. The molecular weight excluding hydrogens is 368 g/mol. The third kappa shape index (κ3) is 4.95. The van der Waals surface area contributed by atoms with Crippen LogP contribution in [0.2, 0.25) is 0 Å². The lowest BCUT2D eigenvalue weighted by Crippen LogP contribution is -2.47. The van der Waals surface area contributed by atoms with Gasteiger partial charge in [0.05, 0.1) is 6.26 Å². The predicted molar refractivity (Wildman–Crippen MR) is 117 cm³/mol. The number of nitrogens with one attached hydrogen (secondary N) is 1. The number of hydrogen-bond donors (Lipinski definition) is 1. The van der Waals surface area contributed by atoms with Gasteiger partial charge < -0.3 is 4.90 Å². The van der Waals surface area contributed by atoms with Crippen LogP contribution in [-0.4, -0.2) is 39.2 Å². The van der Waals surface area contributed by atoms with E-state index in [0.717, 1.165) is 32.5 Å². The number of sulfonamides is 1. The van der Waals surface area contributed by atoms with Crippen LogP contribution < -0.4 is 4.72 Å². The zero-order valence-electron chi connectivity index (χ0n) is 17.4. The van der Waals surface area contributed by atoms with E-state index in [0.29, 0.717) is 11.6 Å². The second-order valence-corrected chi connectivity index (χ2v) is 10.2. The van der Waals surface area contributed by atoms with E-state index in [4.69, 9.17) is 0 Å². The third-order valence-corrected chi connectivity index (χ3v) is 6.96. The minimum absolute atomic E-state index is 0.0500. The fraction of sp³-hybridized carbons (Fsp3) is 0.478. The molecule has 152 valence electrons. The second-order valence-electron chi connectivity index (χ2n) is 8.50. The topological polar surface area (TPSA) is 49.4 Å². The van der Waals surface area contributed by atoms with Crippen LogP contribution in [0.15, 0.2) is 48.5 Å². The first kappa shape index (κ1) is 20.9. The molecule has 0 aliphatic carbocycles. The SMILES string of the molecule is Cc1ccccc1CCN1CC[C@](C)(c2cccc(NS(C)(=O)=O)c2)[C@@H](C)C1. The fourth-order valence-electron chi connectivity index (χ4n) is 4.27. The second kappa shape index (κ2) is 8.26. The molecule has 28 heavy (non-hydrogen) atoms. The number of benzene rings is 2. The Kier molecular flexibility index (Phi) is 6.15. The van der Waals surface area contributed by atoms with Crippen molar-refractivity contribution in [3.63, 3.8) is 0 Å². The van der Waals surface area contributed by atoms with Gasteiger partial charge in [-0.25, -0.2) is 8.42 Å². The highest BCUT2D eigenvalue weighted by Gasteiger charge is 2.37. The monoisotopic (exact) mass is 400 g/mol. The van der Waals surface area contributed by atoms with Crippen molar-refractivity contribution >= 4 is 15.7 Å².